The number of hydrogen-bond donors (Lipinski definition) is 1. The van der Waals surface area contributed by atoms with Crippen molar-refractivity contribution >= 4 is 0 Å². The number of nitrogens with one attached hydrogen (secondary N) is 1. The smallest absolute Gasteiger partial charge is 0.0868 e. The number of rotatable bonds is 4. The second-order valence-electron chi connectivity index (χ2n) is 4.29. The van der Waals surface area contributed by atoms with E-state index in [1.807, 2.05) is 7.05 Å². The van der Waals surface area contributed by atoms with Crippen molar-refractivity contribution in [1.29, 1.82) is 0 Å². The van der Waals surface area contributed by atoms with E-state index in [0.717, 1.165) is 6.42 Å². The zero-order valence-electron chi connectivity index (χ0n) is 9.64. The lowest BCUT2D eigenvalue weighted by Crippen LogP contribution is -2.57. The Hall–Kier alpha value is -0.520. The van der Waals surface area contributed by atoms with Gasteiger partial charge < -0.3 is 5.32 Å². The molecule has 2 unspecified atom stereocenters. The van der Waals surface area contributed by atoms with Crippen LogP contribution < -0.4 is 5.32 Å². The maximum absolute atomic E-state index is 5.57. The summed E-state index contributed by atoms with van der Waals surface area (Å²) in [6.07, 6.45) is 9.31. The van der Waals surface area contributed by atoms with Gasteiger partial charge in [-0.2, -0.15) is 0 Å². The Morgan fingerprint density at radius 2 is 2.07 bits per heavy atom. The standard InChI is InChI=1S/C12H22N2/c1-5-11(13-4)12(3,6-2)14-9-7-8-10-14/h1,11,13H,6-10H2,2-4H3. The van der Waals surface area contributed by atoms with E-state index in [1.54, 1.807) is 0 Å². The van der Waals surface area contributed by atoms with Crippen LogP contribution in [0.15, 0.2) is 0 Å². The molecule has 0 aromatic heterocycles. The van der Waals surface area contributed by atoms with Gasteiger partial charge in [0.1, 0.15) is 0 Å². The monoisotopic (exact) mass is 194 g/mol. The first-order valence-electron chi connectivity index (χ1n) is 5.57. The van der Waals surface area contributed by atoms with Crippen LogP contribution in [0.3, 0.4) is 0 Å². The van der Waals surface area contributed by atoms with E-state index in [4.69, 9.17) is 6.42 Å². The summed E-state index contributed by atoms with van der Waals surface area (Å²) in [5.74, 6) is 2.87. The highest BCUT2D eigenvalue weighted by atomic mass is 15.2. The summed E-state index contributed by atoms with van der Waals surface area (Å²) in [4.78, 5) is 2.54. The number of hydrogen-bond acceptors (Lipinski definition) is 2. The first-order valence-corrected chi connectivity index (χ1v) is 5.57. The molecule has 14 heavy (non-hydrogen) atoms. The molecule has 0 aromatic carbocycles. The molecule has 0 bridgehead atoms. The highest BCUT2D eigenvalue weighted by molar-refractivity contribution is 5.12. The fraction of sp³-hybridized carbons (Fsp3) is 0.833. The summed E-state index contributed by atoms with van der Waals surface area (Å²) in [5, 5.41) is 3.24. The quantitative estimate of drug-likeness (QED) is 0.682. The first kappa shape index (κ1) is 11.6. The molecule has 1 aliphatic rings. The number of likely N-dealkylation sites (N-methyl/N-ethyl adjacent to an activating group) is 1. The highest BCUT2D eigenvalue weighted by Gasteiger charge is 2.37. The van der Waals surface area contributed by atoms with E-state index in [1.165, 1.54) is 25.9 Å². The molecule has 0 radical (unpaired) electrons. The minimum Gasteiger partial charge on any atom is -0.305 e. The molecule has 0 saturated carbocycles. The molecule has 0 amide bonds. The number of likely N-dealkylation sites (tertiary alicyclic amines) is 1. The normalized spacial score (nSPS) is 24.1. The summed E-state index contributed by atoms with van der Waals surface area (Å²) >= 11 is 0. The molecule has 80 valence electrons. The Kier molecular flexibility index (Phi) is 3.97. The van der Waals surface area contributed by atoms with E-state index >= 15 is 0 Å². The Balaban J connectivity index is 2.78. The van der Waals surface area contributed by atoms with Gasteiger partial charge >= 0.3 is 0 Å². The number of nitrogens with zero attached hydrogens (tertiary/aromatic N) is 1. The molecular weight excluding hydrogens is 172 g/mol. The van der Waals surface area contributed by atoms with E-state index in [-0.39, 0.29) is 11.6 Å². The van der Waals surface area contributed by atoms with Crippen molar-refractivity contribution in [2.75, 3.05) is 20.1 Å². The summed E-state index contributed by atoms with van der Waals surface area (Å²) in [6, 6.07) is 0.158. The van der Waals surface area contributed by atoms with Gasteiger partial charge in [0, 0.05) is 5.54 Å². The Morgan fingerprint density at radius 3 is 2.43 bits per heavy atom. The lowest BCUT2D eigenvalue weighted by atomic mass is 9.88. The predicted molar refractivity (Wildman–Crippen MR) is 61.2 cm³/mol. The van der Waals surface area contributed by atoms with Crippen LogP contribution in [-0.2, 0) is 0 Å². The van der Waals surface area contributed by atoms with Crippen LogP contribution in [0.4, 0.5) is 0 Å². The topological polar surface area (TPSA) is 15.3 Å². The molecule has 1 N–H and O–H groups in total. The van der Waals surface area contributed by atoms with Crippen LogP contribution in [0.25, 0.3) is 0 Å². The van der Waals surface area contributed by atoms with Crippen molar-refractivity contribution in [2.24, 2.45) is 0 Å². The Morgan fingerprint density at radius 1 is 1.50 bits per heavy atom. The lowest BCUT2D eigenvalue weighted by Gasteiger charge is -2.42. The van der Waals surface area contributed by atoms with Crippen molar-refractivity contribution in [3.05, 3.63) is 0 Å². The van der Waals surface area contributed by atoms with Crippen LogP contribution in [-0.4, -0.2) is 36.6 Å². The average molecular weight is 194 g/mol. The fourth-order valence-corrected chi connectivity index (χ4v) is 2.41. The second kappa shape index (κ2) is 4.82. The van der Waals surface area contributed by atoms with Crippen LogP contribution in [0.5, 0.6) is 0 Å². The molecule has 0 spiro atoms. The van der Waals surface area contributed by atoms with Crippen LogP contribution in [0.1, 0.15) is 33.1 Å². The third kappa shape index (κ3) is 1.94. The lowest BCUT2D eigenvalue weighted by molar-refractivity contribution is 0.108. The number of terminal acetylenes is 1. The van der Waals surface area contributed by atoms with E-state index in [2.05, 4.69) is 30.0 Å². The van der Waals surface area contributed by atoms with Gasteiger partial charge in [0.05, 0.1) is 6.04 Å². The van der Waals surface area contributed by atoms with E-state index in [9.17, 15) is 0 Å². The zero-order chi connectivity index (χ0) is 10.6. The van der Waals surface area contributed by atoms with E-state index in [0.29, 0.717) is 0 Å². The zero-order valence-corrected chi connectivity index (χ0v) is 9.64. The molecule has 2 nitrogen and oxygen atoms in total. The molecule has 1 saturated heterocycles. The highest BCUT2D eigenvalue weighted by Crippen LogP contribution is 2.27. The van der Waals surface area contributed by atoms with Crippen molar-refractivity contribution in [1.82, 2.24) is 10.2 Å². The molecule has 1 heterocycles. The average Bonchev–Trinajstić information content (AvgIpc) is 2.72. The summed E-state index contributed by atoms with van der Waals surface area (Å²) in [5.41, 5.74) is 0.125. The van der Waals surface area contributed by atoms with Gasteiger partial charge in [-0.1, -0.05) is 12.8 Å². The second-order valence-corrected chi connectivity index (χ2v) is 4.29. The third-order valence-corrected chi connectivity index (χ3v) is 3.62. The van der Waals surface area contributed by atoms with Gasteiger partial charge in [0.25, 0.3) is 0 Å². The van der Waals surface area contributed by atoms with Crippen molar-refractivity contribution in [3.63, 3.8) is 0 Å². The maximum Gasteiger partial charge on any atom is 0.0868 e. The molecule has 1 fully saturated rings. The SMILES string of the molecule is C#CC(NC)C(C)(CC)N1CCCC1. The molecule has 0 aliphatic carbocycles. The molecule has 1 rings (SSSR count). The first-order chi connectivity index (χ1) is 6.69. The van der Waals surface area contributed by atoms with Gasteiger partial charge in [0.15, 0.2) is 0 Å². The minimum atomic E-state index is 0.125. The van der Waals surface area contributed by atoms with Gasteiger partial charge in [-0.25, -0.2) is 0 Å². The van der Waals surface area contributed by atoms with E-state index < -0.39 is 0 Å². The summed E-state index contributed by atoms with van der Waals surface area (Å²) in [6.45, 7) is 6.90. The summed E-state index contributed by atoms with van der Waals surface area (Å²) < 4.78 is 0. The van der Waals surface area contributed by atoms with Crippen molar-refractivity contribution in [2.45, 2.75) is 44.7 Å². The molecule has 0 aromatic rings. The Labute approximate surface area is 88.1 Å². The van der Waals surface area contributed by atoms with Crippen molar-refractivity contribution < 1.29 is 0 Å². The van der Waals surface area contributed by atoms with Crippen LogP contribution >= 0.6 is 0 Å². The predicted octanol–water partition coefficient (Wildman–Crippen LogP) is 1.47. The van der Waals surface area contributed by atoms with Gasteiger partial charge in [0.2, 0.25) is 0 Å². The largest absolute Gasteiger partial charge is 0.305 e. The van der Waals surface area contributed by atoms with Gasteiger partial charge in [-0.3, -0.25) is 4.90 Å². The van der Waals surface area contributed by atoms with Crippen LogP contribution in [0.2, 0.25) is 0 Å². The van der Waals surface area contributed by atoms with Gasteiger partial charge in [-0.05, 0) is 46.3 Å². The fourth-order valence-electron chi connectivity index (χ4n) is 2.41. The van der Waals surface area contributed by atoms with Gasteiger partial charge in [-0.15, -0.1) is 6.42 Å². The Bertz CT molecular complexity index is 213. The molecule has 1 aliphatic heterocycles. The minimum absolute atomic E-state index is 0.125. The maximum atomic E-state index is 5.57. The third-order valence-electron chi connectivity index (χ3n) is 3.62. The molecule has 2 atom stereocenters. The van der Waals surface area contributed by atoms with Crippen LogP contribution in [0, 0.1) is 12.3 Å². The summed E-state index contributed by atoms with van der Waals surface area (Å²) in [7, 11) is 1.95. The van der Waals surface area contributed by atoms with Crippen molar-refractivity contribution in [3.8, 4) is 12.3 Å². The molecular formula is C12H22N2. The molecule has 2 heteroatoms.